The second-order valence-electron chi connectivity index (χ2n) is 4.86. The highest BCUT2D eigenvalue weighted by atomic mass is 35.5. The van der Waals surface area contributed by atoms with Crippen molar-refractivity contribution >= 4 is 38.4 Å². The first-order valence-electron chi connectivity index (χ1n) is 5.91. The van der Waals surface area contributed by atoms with E-state index in [1.54, 1.807) is 0 Å². The normalized spacial score (nSPS) is 28.7. The average molecular weight is 317 g/mol. The van der Waals surface area contributed by atoms with Crippen LogP contribution in [0.25, 0.3) is 0 Å². The summed E-state index contributed by atoms with van der Waals surface area (Å²) in [6.07, 6.45) is 0. The molecular weight excluding hydrogens is 304 g/mol. The lowest BCUT2D eigenvalue weighted by molar-refractivity contribution is 0.349. The first kappa shape index (κ1) is 13.3. The van der Waals surface area contributed by atoms with Gasteiger partial charge in [0, 0.05) is 16.8 Å². The number of halogens is 1. The number of thioether (sulfide) groups is 1. The monoisotopic (exact) mass is 316 g/mol. The summed E-state index contributed by atoms with van der Waals surface area (Å²) in [5.41, 5.74) is 1.04. The molecule has 102 valence electrons. The number of rotatable bonds is 2. The number of benzene rings is 1. The van der Waals surface area contributed by atoms with Gasteiger partial charge in [0.25, 0.3) is 0 Å². The Balaban J connectivity index is 1.80. The van der Waals surface area contributed by atoms with Crippen LogP contribution in [0.5, 0.6) is 0 Å². The number of nitrogens with zero attached hydrogens (tertiary/aromatic N) is 1. The van der Waals surface area contributed by atoms with Crippen LogP contribution < -0.4 is 0 Å². The molecular formula is C12H13ClN2O2S2. The Bertz CT molecular complexity index is 615. The number of sulfone groups is 1. The van der Waals surface area contributed by atoms with E-state index in [0.29, 0.717) is 16.7 Å². The van der Waals surface area contributed by atoms with Crippen LogP contribution in [0.2, 0.25) is 5.02 Å². The van der Waals surface area contributed by atoms with Crippen molar-refractivity contribution in [3.63, 3.8) is 0 Å². The molecule has 0 bridgehead atoms. The Morgan fingerprint density at radius 1 is 1.32 bits per heavy atom. The lowest BCUT2D eigenvalue weighted by atomic mass is 10.1. The summed E-state index contributed by atoms with van der Waals surface area (Å²) in [4.78, 5) is 1.89. The van der Waals surface area contributed by atoms with Crippen molar-refractivity contribution in [2.24, 2.45) is 0 Å². The molecule has 2 heterocycles. The lowest BCUT2D eigenvalue weighted by Crippen LogP contribution is -2.36. The fourth-order valence-corrected chi connectivity index (χ4v) is 6.49. The molecule has 0 saturated carbocycles. The van der Waals surface area contributed by atoms with Crippen molar-refractivity contribution in [1.82, 2.24) is 4.90 Å². The maximum absolute atomic E-state index is 11.7. The van der Waals surface area contributed by atoms with Gasteiger partial charge < -0.3 is 4.90 Å². The third kappa shape index (κ3) is 2.61. The molecule has 4 nitrogen and oxygen atoms in total. The molecule has 1 aromatic carbocycles. The summed E-state index contributed by atoms with van der Waals surface area (Å²) in [6, 6.07) is 7.39. The van der Waals surface area contributed by atoms with Crippen LogP contribution in [-0.4, -0.2) is 41.3 Å². The van der Waals surface area contributed by atoms with E-state index < -0.39 is 9.84 Å². The van der Waals surface area contributed by atoms with Gasteiger partial charge in [0.2, 0.25) is 0 Å². The van der Waals surface area contributed by atoms with Crippen molar-refractivity contribution < 1.29 is 8.42 Å². The van der Waals surface area contributed by atoms with E-state index in [0.717, 1.165) is 5.56 Å². The van der Waals surface area contributed by atoms with Crippen LogP contribution in [0, 0.1) is 5.41 Å². The van der Waals surface area contributed by atoms with Crippen molar-refractivity contribution in [2.45, 2.75) is 17.8 Å². The summed E-state index contributed by atoms with van der Waals surface area (Å²) in [5, 5.41) is 9.16. The minimum absolute atomic E-state index is 0.0183. The summed E-state index contributed by atoms with van der Waals surface area (Å²) < 4.78 is 23.3. The molecule has 7 heteroatoms. The van der Waals surface area contributed by atoms with E-state index in [-0.39, 0.29) is 22.8 Å². The molecule has 2 aliphatic heterocycles. The summed E-state index contributed by atoms with van der Waals surface area (Å²) in [5.74, 6) is 0.364. The largest absolute Gasteiger partial charge is 0.342 e. The summed E-state index contributed by atoms with van der Waals surface area (Å²) in [7, 11) is -2.94. The van der Waals surface area contributed by atoms with Gasteiger partial charge in [0.15, 0.2) is 15.0 Å². The van der Waals surface area contributed by atoms with Crippen molar-refractivity contribution in [2.75, 3.05) is 11.5 Å². The van der Waals surface area contributed by atoms with Crippen LogP contribution in [0.4, 0.5) is 0 Å². The van der Waals surface area contributed by atoms with Gasteiger partial charge in [0.1, 0.15) is 0 Å². The highest BCUT2D eigenvalue weighted by Crippen LogP contribution is 2.38. The molecule has 2 saturated heterocycles. The minimum atomic E-state index is -2.94. The molecule has 3 rings (SSSR count). The summed E-state index contributed by atoms with van der Waals surface area (Å²) >= 11 is 7.22. The molecule has 0 aromatic heterocycles. The lowest BCUT2D eigenvalue weighted by Gasteiger charge is -2.23. The SMILES string of the molecule is N=C1S[C@@H]2CS(=O)(=O)C[C@@H]2N1Cc1ccc(Cl)cc1. The van der Waals surface area contributed by atoms with Crippen molar-refractivity contribution in [1.29, 1.82) is 5.41 Å². The first-order chi connectivity index (χ1) is 8.94. The van der Waals surface area contributed by atoms with Crippen molar-refractivity contribution in [3.05, 3.63) is 34.9 Å². The first-order valence-corrected chi connectivity index (χ1v) is 8.99. The molecule has 2 aliphatic rings. The molecule has 2 atom stereocenters. The number of nitrogens with one attached hydrogen (secondary N) is 1. The Labute approximate surface area is 121 Å². The van der Waals surface area contributed by atoms with E-state index in [2.05, 4.69) is 0 Å². The smallest absolute Gasteiger partial charge is 0.157 e. The maximum Gasteiger partial charge on any atom is 0.157 e. The molecule has 0 unspecified atom stereocenters. The predicted molar refractivity (Wildman–Crippen MR) is 78.5 cm³/mol. The number of amidine groups is 1. The number of hydrogen-bond acceptors (Lipinski definition) is 4. The highest BCUT2D eigenvalue weighted by molar-refractivity contribution is 8.15. The fourth-order valence-electron chi connectivity index (χ4n) is 2.54. The Morgan fingerprint density at radius 2 is 2.00 bits per heavy atom. The van der Waals surface area contributed by atoms with E-state index in [4.69, 9.17) is 17.0 Å². The maximum atomic E-state index is 11.7. The van der Waals surface area contributed by atoms with E-state index >= 15 is 0 Å². The second kappa shape index (κ2) is 4.68. The Morgan fingerprint density at radius 3 is 2.68 bits per heavy atom. The third-order valence-electron chi connectivity index (χ3n) is 3.46. The highest BCUT2D eigenvalue weighted by Gasteiger charge is 2.47. The summed E-state index contributed by atoms with van der Waals surface area (Å²) in [6.45, 7) is 0.569. The minimum Gasteiger partial charge on any atom is -0.342 e. The van der Waals surface area contributed by atoms with Gasteiger partial charge in [-0.3, -0.25) is 5.41 Å². The van der Waals surface area contributed by atoms with Gasteiger partial charge in [-0.15, -0.1) is 0 Å². The van der Waals surface area contributed by atoms with E-state index in [9.17, 15) is 8.42 Å². The Hall–Kier alpha value is -0.720. The molecule has 2 fully saturated rings. The van der Waals surface area contributed by atoms with Gasteiger partial charge in [0.05, 0.1) is 17.5 Å². The molecule has 1 N–H and O–H groups in total. The predicted octanol–water partition coefficient (Wildman–Crippen LogP) is 1.99. The fraction of sp³-hybridized carbons (Fsp3) is 0.417. The van der Waals surface area contributed by atoms with Crippen molar-refractivity contribution in [3.8, 4) is 0 Å². The van der Waals surface area contributed by atoms with Crippen LogP contribution >= 0.6 is 23.4 Å². The van der Waals surface area contributed by atoms with Crippen LogP contribution in [0.3, 0.4) is 0 Å². The van der Waals surface area contributed by atoms with Crippen LogP contribution in [0.1, 0.15) is 5.56 Å². The van der Waals surface area contributed by atoms with Gasteiger partial charge >= 0.3 is 0 Å². The molecule has 0 amide bonds. The van der Waals surface area contributed by atoms with Crippen LogP contribution in [-0.2, 0) is 16.4 Å². The molecule has 19 heavy (non-hydrogen) atoms. The van der Waals surface area contributed by atoms with Gasteiger partial charge in [-0.1, -0.05) is 35.5 Å². The van der Waals surface area contributed by atoms with Gasteiger partial charge in [-0.2, -0.15) is 0 Å². The second-order valence-corrected chi connectivity index (χ2v) is 8.68. The van der Waals surface area contributed by atoms with E-state index in [1.807, 2.05) is 29.2 Å². The zero-order valence-corrected chi connectivity index (χ0v) is 12.4. The van der Waals surface area contributed by atoms with Gasteiger partial charge in [-0.05, 0) is 17.7 Å². The van der Waals surface area contributed by atoms with E-state index in [1.165, 1.54) is 11.8 Å². The molecule has 0 radical (unpaired) electrons. The van der Waals surface area contributed by atoms with Gasteiger partial charge in [-0.25, -0.2) is 8.42 Å². The van der Waals surface area contributed by atoms with Crippen LogP contribution in [0.15, 0.2) is 24.3 Å². The Kier molecular flexibility index (Phi) is 3.27. The number of hydrogen-bond donors (Lipinski definition) is 1. The molecule has 0 aliphatic carbocycles. The third-order valence-corrected chi connectivity index (χ3v) is 6.88. The topological polar surface area (TPSA) is 61.2 Å². The zero-order valence-electron chi connectivity index (χ0n) is 10.0. The molecule has 0 spiro atoms. The quantitative estimate of drug-likeness (QED) is 0.906. The number of fused-ring (bicyclic) bond motifs is 1. The molecule has 1 aromatic rings. The standard InChI is InChI=1S/C12H13ClN2O2S2/c13-9-3-1-8(2-4-9)5-15-10-6-19(16,17)7-11(10)18-12(15)14/h1-4,10-11,14H,5-7H2/t10-,11+/m0/s1. The average Bonchev–Trinajstić information content (AvgIpc) is 2.75. The zero-order chi connectivity index (χ0) is 13.6.